The molecule has 0 saturated heterocycles. The SMILES string of the molecule is CCC(=O)Nc1c(C)noc1/C=C\c1ccc(S(=O)(=O)Nc2ccc(Cl)cc2F)cc1. The Labute approximate surface area is 184 Å². The second kappa shape index (κ2) is 9.32. The summed E-state index contributed by atoms with van der Waals surface area (Å²) in [5.74, 6) is -0.569. The maximum Gasteiger partial charge on any atom is 0.261 e. The maximum atomic E-state index is 13.9. The first-order chi connectivity index (χ1) is 14.7. The number of hydrogen-bond acceptors (Lipinski definition) is 5. The van der Waals surface area contributed by atoms with E-state index in [4.69, 9.17) is 16.1 Å². The summed E-state index contributed by atoms with van der Waals surface area (Å²) in [5, 5.41) is 6.74. The van der Waals surface area contributed by atoms with Gasteiger partial charge in [0, 0.05) is 11.4 Å². The van der Waals surface area contributed by atoms with Crippen LogP contribution in [0.4, 0.5) is 15.8 Å². The van der Waals surface area contributed by atoms with Gasteiger partial charge >= 0.3 is 0 Å². The molecule has 1 heterocycles. The van der Waals surface area contributed by atoms with Gasteiger partial charge in [0.1, 0.15) is 17.2 Å². The van der Waals surface area contributed by atoms with Crippen molar-refractivity contribution in [2.45, 2.75) is 25.2 Å². The molecule has 0 aliphatic rings. The van der Waals surface area contributed by atoms with Gasteiger partial charge < -0.3 is 9.84 Å². The summed E-state index contributed by atoms with van der Waals surface area (Å²) >= 11 is 5.68. The Hall–Kier alpha value is -3.17. The number of hydrogen-bond donors (Lipinski definition) is 2. The van der Waals surface area contributed by atoms with E-state index in [0.717, 1.165) is 6.07 Å². The van der Waals surface area contributed by atoms with Gasteiger partial charge in [0.05, 0.1) is 10.6 Å². The molecule has 3 rings (SSSR count). The summed E-state index contributed by atoms with van der Waals surface area (Å²) in [6.07, 6.45) is 3.62. The van der Waals surface area contributed by atoms with Gasteiger partial charge in [-0.1, -0.05) is 41.9 Å². The van der Waals surface area contributed by atoms with Crippen molar-refractivity contribution in [1.29, 1.82) is 0 Å². The molecule has 162 valence electrons. The molecular weight excluding hydrogens is 445 g/mol. The molecule has 0 fully saturated rings. The number of sulfonamides is 1. The Morgan fingerprint density at radius 1 is 1.19 bits per heavy atom. The second-order valence-electron chi connectivity index (χ2n) is 6.54. The summed E-state index contributed by atoms with van der Waals surface area (Å²) in [7, 11) is -3.99. The van der Waals surface area contributed by atoms with Crippen LogP contribution < -0.4 is 10.0 Å². The predicted molar refractivity (Wildman–Crippen MR) is 118 cm³/mol. The van der Waals surface area contributed by atoms with Crippen LogP contribution in [0.1, 0.15) is 30.4 Å². The van der Waals surface area contributed by atoms with E-state index in [1.807, 2.05) is 0 Å². The molecule has 31 heavy (non-hydrogen) atoms. The van der Waals surface area contributed by atoms with Gasteiger partial charge in [-0.25, -0.2) is 12.8 Å². The molecule has 7 nitrogen and oxygen atoms in total. The third-order valence-electron chi connectivity index (χ3n) is 4.27. The van der Waals surface area contributed by atoms with E-state index in [9.17, 15) is 17.6 Å². The highest BCUT2D eigenvalue weighted by Gasteiger charge is 2.17. The number of aryl methyl sites for hydroxylation is 1. The van der Waals surface area contributed by atoms with Gasteiger partial charge in [0.15, 0.2) is 5.76 Å². The lowest BCUT2D eigenvalue weighted by Crippen LogP contribution is -2.13. The Balaban J connectivity index is 1.77. The van der Waals surface area contributed by atoms with Crippen molar-refractivity contribution in [3.8, 4) is 0 Å². The summed E-state index contributed by atoms with van der Waals surface area (Å²) in [4.78, 5) is 11.6. The number of amides is 1. The molecule has 1 amide bonds. The minimum atomic E-state index is -3.99. The fourth-order valence-electron chi connectivity index (χ4n) is 2.59. The number of halogens is 2. The smallest absolute Gasteiger partial charge is 0.261 e. The topological polar surface area (TPSA) is 101 Å². The average Bonchev–Trinajstić information content (AvgIpc) is 3.08. The van der Waals surface area contributed by atoms with Crippen LogP contribution in [0.2, 0.25) is 5.02 Å². The van der Waals surface area contributed by atoms with Crippen LogP contribution >= 0.6 is 11.6 Å². The molecule has 0 aliphatic heterocycles. The van der Waals surface area contributed by atoms with Gasteiger partial charge in [0.2, 0.25) is 5.91 Å². The normalized spacial score (nSPS) is 11.6. The molecule has 0 atom stereocenters. The van der Waals surface area contributed by atoms with E-state index in [2.05, 4.69) is 15.2 Å². The largest absolute Gasteiger partial charge is 0.354 e. The van der Waals surface area contributed by atoms with Crippen LogP contribution in [0.15, 0.2) is 51.9 Å². The number of nitrogens with one attached hydrogen (secondary N) is 2. The van der Waals surface area contributed by atoms with Crippen molar-refractivity contribution < 1.29 is 22.1 Å². The average molecular weight is 464 g/mol. The first-order valence-electron chi connectivity index (χ1n) is 9.21. The summed E-state index contributed by atoms with van der Waals surface area (Å²) < 4.78 is 46.4. The zero-order valence-corrected chi connectivity index (χ0v) is 18.2. The molecule has 3 aromatic rings. The van der Waals surface area contributed by atoms with Crippen LogP contribution in [0.25, 0.3) is 12.2 Å². The lowest BCUT2D eigenvalue weighted by Gasteiger charge is -2.09. The van der Waals surface area contributed by atoms with Gasteiger partial charge in [-0.05, 0) is 48.9 Å². The molecule has 0 spiro atoms. The fraction of sp³-hybridized carbons (Fsp3) is 0.143. The van der Waals surface area contributed by atoms with Crippen molar-refractivity contribution >= 4 is 51.1 Å². The van der Waals surface area contributed by atoms with Crippen LogP contribution in [-0.4, -0.2) is 19.5 Å². The Morgan fingerprint density at radius 3 is 2.55 bits per heavy atom. The van der Waals surface area contributed by atoms with Gasteiger partial charge in [0.25, 0.3) is 10.0 Å². The van der Waals surface area contributed by atoms with E-state index >= 15 is 0 Å². The van der Waals surface area contributed by atoms with Gasteiger partial charge in [-0.15, -0.1) is 0 Å². The van der Waals surface area contributed by atoms with E-state index in [1.165, 1.54) is 24.3 Å². The van der Waals surface area contributed by atoms with E-state index in [-0.39, 0.29) is 21.5 Å². The summed E-state index contributed by atoms with van der Waals surface area (Å²) in [6.45, 7) is 3.45. The number of aromatic nitrogens is 1. The van der Waals surface area contributed by atoms with Gasteiger partial charge in [-0.2, -0.15) is 0 Å². The predicted octanol–water partition coefficient (Wildman–Crippen LogP) is 5.10. The highest BCUT2D eigenvalue weighted by atomic mass is 35.5. The third-order valence-corrected chi connectivity index (χ3v) is 5.88. The minimum Gasteiger partial charge on any atom is -0.354 e. The van der Waals surface area contributed by atoms with Crippen LogP contribution in [0.3, 0.4) is 0 Å². The highest BCUT2D eigenvalue weighted by molar-refractivity contribution is 7.92. The van der Waals surface area contributed by atoms with Gasteiger partial charge in [-0.3, -0.25) is 9.52 Å². The first kappa shape index (κ1) is 22.5. The standard InChI is InChI=1S/C21H19ClFN3O4S/c1-3-20(27)24-21-13(2)25-30-19(21)11-6-14-4-8-16(9-5-14)31(28,29)26-18-10-7-15(22)12-17(18)23/h4-12,26H,3H2,1-2H3,(H,24,27)/b11-6-. The number of benzene rings is 2. The molecule has 0 bridgehead atoms. The molecule has 0 saturated carbocycles. The molecule has 0 radical (unpaired) electrons. The quantitative estimate of drug-likeness (QED) is 0.508. The van der Waals surface area contributed by atoms with Crippen molar-refractivity contribution in [2.75, 3.05) is 10.0 Å². The Morgan fingerprint density at radius 2 is 1.90 bits per heavy atom. The molecule has 1 aromatic heterocycles. The van der Waals surface area contributed by atoms with Crippen LogP contribution in [0, 0.1) is 12.7 Å². The highest BCUT2D eigenvalue weighted by Crippen LogP contribution is 2.24. The first-order valence-corrected chi connectivity index (χ1v) is 11.1. The molecule has 2 N–H and O–H groups in total. The lowest BCUT2D eigenvalue weighted by molar-refractivity contribution is -0.115. The van der Waals surface area contributed by atoms with Crippen molar-refractivity contribution in [3.63, 3.8) is 0 Å². The van der Waals surface area contributed by atoms with E-state index in [0.29, 0.717) is 29.1 Å². The van der Waals surface area contributed by atoms with Crippen molar-refractivity contribution in [3.05, 3.63) is 70.3 Å². The number of carbonyl (C=O) groups is 1. The molecular formula is C21H19ClFN3O4S. The zero-order valence-electron chi connectivity index (χ0n) is 16.6. The fourth-order valence-corrected chi connectivity index (χ4v) is 3.81. The summed E-state index contributed by atoms with van der Waals surface area (Å²) in [6, 6.07) is 9.60. The van der Waals surface area contributed by atoms with Crippen LogP contribution in [0.5, 0.6) is 0 Å². The second-order valence-corrected chi connectivity index (χ2v) is 8.66. The number of anilines is 2. The van der Waals surface area contributed by atoms with Crippen molar-refractivity contribution in [1.82, 2.24) is 5.16 Å². The number of carbonyl (C=O) groups excluding carboxylic acids is 1. The van der Waals surface area contributed by atoms with Crippen molar-refractivity contribution in [2.24, 2.45) is 0 Å². The Bertz CT molecular complexity index is 1240. The molecule has 0 unspecified atom stereocenters. The zero-order chi connectivity index (χ0) is 22.6. The van der Waals surface area contributed by atoms with Crippen LogP contribution in [-0.2, 0) is 14.8 Å². The van der Waals surface area contributed by atoms with E-state index < -0.39 is 15.8 Å². The van der Waals surface area contributed by atoms with E-state index in [1.54, 1.807) is 38.1 Å². The number of nitrogens with zero attached hydrogens (tertiary/aromatic N) is 1. The maximum absolute atomic E-state index is 13.9. The molecule has 10 heteroatoms. The monoisotopic (exact) mass is 463 g/mol. The lowest BCUT2D eigenvalue weighted by atomic mass is 10.2. The summed E-state index contributed by atoms with van der Waals surface area (Å²) in [5.41, 5.74) is 1.51. The molecule has 2 aromatic carbocycles. The third kappa shape index (κ3) is 5.50. The Kier molecular flexibility index (Phi) is 6.77. The molecule has 0 aliphatic carbocycles. The minimum absolute atomic E-state index is 0.0367. The number of rotatable bonds is 7.